The molecule has 23 heavy (non-hydrogen) atoms. The minimum absolute atomic E-state index is 0.103. The number of hydrogen-bond acceptors (Lipinski definition) is 2. The molecule has 0 N–H and O–H groups in total. The van der Waals surface area contributed by atoms with Crippen LogP contribution >= 0.6 is 0 Å². The summed E-state index contributed by atoms with van der Waals surface area (Å²) in [5.41, 5.74) is 2.19. The predicted molar refractivity (Wildman–Crippen MR) is 91.8 cm³/mol. The number of esters is 1. The number of rotatable bonds is 1. The van der Waals surface area contributed by atoms with Gasteiger partial charge in [0, 0.05) is 12.3 Å². The molecule has 0 aromatic heterocycles. The fraction of sp³-hybridized carbons (Fsp3) is 0.762. The SMILES string of the molecule is CC(=O)OC1CC[C@H]2[C@@H]3CC=C4C=CCC[C@]4(C)[C@H]3CC[C@]12C. The maximum Gasteiger partial charge on any atom is 0.302 e. The summed E-state index contributed by atoms with van der Waals surface area (Å²) < 4.78 is 5.73. The van der Waals surface area contributed by atoms with E-state index in [1.165, 1.54) is 38.5 Å². The number of carbonyl (C=O) groups is 1. The van der Waals surface area contributed by atoms with Crippen LogP contribution in [-0.2, 0) is 9.53 Å². The maximum atomic E-state index is 11.5. The molecule has 0 bridgehead atoms. The Hall–Kier alpha value is -1.05. The van der Waals surface area contributed by atoms with Crippen molar-refractivity contribution in [3.8, 4) is 0 Å². The molecule has 0 amide bonds. The number of hydrogen-bond donors (Lipinski definition) is 0. The van der Waals surface area contributed by atoms with E-state index in [-0.39, 0.29) is 17.5 Å². The molecule has 2 fully saturated rings. The molecule has 2 nitrogen and oxygen atoms in total. The van der Waals surface area contributed by atoms with Gasteiger partial charge in [-0.15, -0.1) is 0 Å². The monoisotopic (exact) mass is 314 g/mol. The van der Waals surface area contributed by atoms with Gasteiger partial charge in [-0.05, 0) is 73.7 Å². The van der Waals surface area contributed by atoms with Crippen LogP contribution in [-0.4, -0.2) is 12.1 Å². The van der Waals surface area contributed by atoms with E-state index < -0.39 is 0 Å². The molecule has 6 atom stereocenters. The first-order valence-electron chi connectivity index (χ1n) is 9.49. The van der Waals surface area contributed by atoms with Crippen LogP contribution < -0.4 is 0 Å². The number of ether oxygens (including phenoxy) is 1. The van der Waals surface area contributed by atoms with Crippen molar-refractivity contribution in [2.45, 2.75) is 71.8 Å². The Kier molecular flexibility index (Phi) is 3.52. The van der Waals surface area contributed by atoms with Crippen LogP contribution in [0.15, 0.2) is 23.8 Å². The summed E-state index contributed by atoms with van der Waals surface area (Å²) in [4.78, 5) is 11.5. The third-order valence-electron chi connectivity index (χ3n) is 7.87. The first kappa shape index (κ1) is 15.5. The van der Waals surface area contributed by atoms with E-state index in [2.05, 4.69) is 32.1 Å². The molecule has 0 saturated heterocycles. The summed E-state index contributed by atoms with van der Waals surface area (Å²) in [6, 6.07) is 0. The standard InChI is InChI=1S/C21H30O2/c1-14(22)23-19-10-9-17-16-8-7-15-6-4-5-12-20(15,2)18(16)11-13-21(17,19)3/h4,6-7,16-19H,5,8-13H2,1-3H3/t16-,17-,18-,19?,20-,21-/m0/s1. The van der Waals surface area contributed by atoms with Gasteiger partial charge < -0.3 is 4.74 Å². The van der Waals surface area contributed by atoms with Gasteiger partial charge in [0.25, 0.3) is 0 Å². The van der Waals surface area contributed by atoms with Crippen LogP contribution in [0.2, 0.25) is 0 Å². The van der Waals surface area contributed by atoms with Crippen molar-refractivity contribution in [1.29, 1.82) is 0 Å². The number of carbonyl (C=O) groups excluding carboxylic acids is 1. The topological polar surface area (TPSA) is 26.3 Å². The van der Waals surface area contributed by atoms with Crippen molar-refractivity contribution in [3.05, 3.63) is 23.8 Å². The fourth-order valence-corrected chi connectivity index (χ4v) is 6.65. The average Bonchev–Trinajstić information content (AvgIpc) is 2.83. The average molecular weight is 314 g/mol. The van der Waals surface area contributed by atoms with Gasteiger partial charge in [0.15, 0.2) is 0 Å². The minimum Gasteiger partial charge on any atom is -0.462 e. The van der Waals surface area contributed by atoms with E-state index in [9.17, 15) is 4.79 Å². The number of fused-ring (bicyclic) bond motifs is 5. The summed E-state index contributed by atoms with van der Waals surface area (Å²) >= 11 is 0. The van der Waals surface area contributed by atoms with Gasteiger partial charge in [-0.25, -0.2) is 0 Å². The van der Waals surface area contributed by atoms with Gasteiger partial charge in [-0.1, -0.05) is 32.1 Å². The van der Waals surface area contributed by atoms with Crippen molar-refractivity contribution < 1.29 is 9.53 Å². The highest BCUT2D eigenvalue weighted by Gasteiger charge is 2.58. The predicted octanol–water partition coefficient (Wildman–Crippen LogP) is 5.05. The number of allylic oxidation sites excluding steroid dienone is 4. The van der Waals surface area contributed by atoms with Crippen LogP contribution in [0, 0.1) is 28.6 Å². The lowest BCUT2D eigenvalue weighted by molar-refractivity contribution is -0.156. The highest BCUT2D eigenvalue weighted by Crippen LogP contribution is 2.64. The second-order valence-corrected chi connectivity index (χ2v) is 8.85. The van der Waals surface area contributed by atoms with E-state index in [0.717, 1.165) is 24.2 Å². The zero-order chi connectivity index (χ0) is 16.2. The Balaban J connectivity index is 1.64. The minimum atomic E-state index is -0.103. The Morgan fingerprint density at radius 3 is 2.78 bits per heavy atom. The summed E-state index contributed by atoms with van der Waals surface area (Å²) in [5, 5.41) is 0. The molecule has 0 aromatic carbocycles. The molecule has 4 rings (SSSR count). The Bertz CT molecular complexity index is 574. The molecule has 4 aliphatic rings. The molecule has 126 valence electrons. The molecule has 0 aliphatic heterocycles. The zero-order valence-electron chi connectivity index (χ0n) is 14.8. The van der Waals surface area contributed by atoms with Crippen molar-refractivity contribution in [2.75, 3.05) is 0 Å². The summed E-state index contributed by atoms with van der Waals surface area (Å²) in [7, 11) is 0. The molecule has 1 unspecified atom stereocenters. The highest BCUT2D eigenvalue weighted by molar-refractivity contribution is 5.66. The highest BCUT2D eigenvalue weighted by atomic mass is 16.5. The van der Waals surface area contributed by atoms with Crippen LogP contribution in [0.4, 0.5) is 0 Å². The summed E-state index contributed by atoms with van der Waals surface area (Å²) in [6.07, 6.45) is 16.0. The van der Waals surface area contributed by atoms with Gasteiger partial charge in [-0.3, -0.25) is 4.79 Å². The maximum absolute atomic E-state index is 11.5. The van der Waals surface area contributed by atoms with Crippen LogP contribution in [0.25, 0.3) is 0 Å². The molecule has 2 heteroatoms. The third kappa shape index (κ3) is 2.16. The lowest BCUT2D eigenvalue weighted by atomic mass is 9.49. The van der Waals surface area contributed by atoms with Crippen molar-refractivity contribution in [1.82, 2.24) is 0 Å². The lowest BCUT2D eigenvalue weighted by Gasteiger charge is -2.56. The second-order valence-electron chi connectivity index (χ2n) is 8.85. The van der Waals surface area contributed by atoms with Crippen molar-refractivity contribution in [3.63, 3.8) is 0 Å². The van der Waals surface area contributed by atoms with Gasteiger partial charge >= 0.3 is 5.97 Å². The van der Waals surface area contributed by atoms with E-state index in [1.807, 2.05) is 0 Å². The molecule has 0 radical (unpaired) electrons. The van der Waals surface area contributed by atoms with Crippen LogP contribution in [0.3, 0.4) is 0 Å². The quantitative estimate of drug-likeness (QED) is 0.633. The third-order valence-corrected chi connectivity index (χ3v) is 7.87. The van der Waals surface area contributed by atoms with Gasteiger partial charge in [0.1, 0.15) is 6.10 Å². The largest absolute Gasteiger partial charge is 0.462 e. The van der Waals surface area contributed by atoms with Gasteiger partial charge in [0.2, 0.25) is 0 Å². The Morgan fingerprint density at radius 2 is 2.00 bits per heavy atom. The Labute approximate surface area is 140 Å². The van der Waals surface area contributed by atoms with E-state index in [1.54, 1.807) is 12.5 Å². The van der Waals surface area contributed by atoms with Crippen LogP contribution in [0.1, 0.15) is 65.7 Å². The molecule has 2 saturated carbocycles. The lowest BCUT2D eigenvalue weighted by Crippen LogP contribution is -2.50. The van der Waals surface area contributed by atoms with E-state index in [0.29, 0.717) is 5.41 Å². The molecule has 0 aromatic rings. The van der Waals surface area contributed by atoms with Gasteiger partial charge in [0.05, 0.1) is 0 Å². The molecule has 4 aliphatic carbocycles. The second kappa shape index (κ2) is 5.22. The van der Waals surface area contributed by atoms with Crippen molar-refractivity contribution in [2.24, 2.45) is 28.6 Å². The molecule has 0 heterocycles. The molecular formula is C21H30O2. The molecular weight excluding hydrogens is 284 g/mol. The summed E-state index contributed by atoms with van der Waals surface area (Å²) in [5.74, 6) is 2.23. The van der Waals surface area contributed by atoms with Crippen LogP contribution in [0.5, 0.6) is 0 Å². The first-order valence-corrected chi connectivity index (χ1v) is 9.49. The molecule has 0 spiro atoms. The fourth-order valence-electron chi connectivity index (χ4n) is 6.65. The van der Waals surface area contributed by atoms with Crippen molar-refractivity contribution >= 4 is 5.97 Å². The smallest absolute Gasteiger partial charge is 0.302 e. The summed E-state index contributed by atoms with van der Waals surface area (Å²) in [6.45, 7) is 6.48. The normalized spacial score (nSPS) is 48.0. The first-order chi connectivity index (χ1) is 10.9. The van der Waals surface area contributed by atoms with Gasteiger partial charge in [-0.2, -0.15) is 0 Å². The van der Waals surface area contributed by atoms with E-state index >= 15 is 0 Å². The zero-order valence-corrected chi connectivity index (χ0v) is 14.8. The Morgan fingerprint density at radius 1 is 1.17 bits per heavy atom. The van der Waals surface area contributed by atoms with E-state index in [4.69, 9.17) is 4.74 Å².